The van der Waals surface area contributed by atoms with Crippen molar-refractivity contribution in [2.24, 2.45) is 0 Å². The Hall–Kier alpha value is -2.99. The van der Waals surface area contributed by atoms with Crippen molar-refractivity contribution >= 4 is 23.4 Å². The van der Waals surface area contributed by atoms with Gasteiger partial charge in [-0.15, -0.1) is 0 Å². The Labute approximate surface area is 158 Å². The summed E-state index contributed by atoms with van der Waals surface area (Å²) in [7, 11) is 0. The lowest BCUT2D eigenvalue weighted by atomic mass is 10.1. The molecule has 0 N–H and O–H groups in total. The van der Waals surface area contributed by atoms with Crippen LogP contribution in [0.3, 0.4) is 0 Å². The van der Waals surface area contributed by atoms with Gasteiger partial charge in [-0.2, -0.15) is 0 Å². The zero-order chi connectivity index (χ0) is 18.8. The van der Waals surface area contributed by atoms with Gasteiger partial charge in [0.2, 0.25) is 5.91 Å². The largest absolute Gasteiger partial charge is 0.336 e. The van der Waals surface area contributed by atoms with Crippen LogP contribution in [0.2, 0.25) is 0 Å². The van der Waals surface area contributed by atoms with E-state index in [1.807, 2.05) is 58.3 Å². The van der Waals surface area contributed by atoms with Crippen LogP contribution in [0.1, 0.15) is 16.8 Å². The number of amides is 3. The Kier molecular flexibility index (Phi) is 4.73. The van der Waals surface area contributed by atoms with Crippen molar-refractivity contribution in [2.75, 3.05) is 31.1 Å². The number of imide groups is 1. The first-order valence-corrected chi connectivity index (χ1v) is 9.15. The summed E-state index contributed by atoms with van der Waals surface area (Å²) in [5, 5.41) is 0. The van der Waals surface area contributed by atoms with Crippen molar-refractivity contribution in [3.8, 4) is 0 Å². The van der Waals surface area contributed by atoms with E-state index in [0.717, 1.165) is 0 Å². The minimum absolute atomic E-state index is 0.00925. The van der Waals surface area contributed by atoms with Crippen molar-refractivity contribution in [3.63, 3.8) is 0 Å². The van der Waals surface area contributed by atoms with Crippen LogP contribution in [-0.4, -0.2) is 59.7 Å². The molecule has 1 atom stereocenters. The molecule has 0 bridgehead atoms. The average Bonchev–Trinajstić information content (AvgIpc) is 3.03. The number of hydrogen-bond acceptors (Lipinski definition) is 4. The molecule has 3 amide bonds. The Balaban J connectivity index is 1.41. The fourth-order valence-corrected chi connectivity index (χ4v) is 3.75. The van der Waals surface area contributed by atoms with E-state index in [2.05, 4.69) is 0 Å². The molecule has 0 saturated carbocycles. The van der Waals surface area contributed by atoms with Crippen molar-refractivity contribution in [2.45, 2.75) is 12.5 Å². The van der Waals surface area contributed by atoms with E-state index >= 15 is 0 Å². The maximum atomic E-state index is 12.8. The summed E-state index contributed by atoms with van der Waals surface area (Å²) in [6.07, 6.45) is 0.195. The SMILES string of the molecule is O=C(c1ccccc1)N1CCN(C2CC(=O)N(c3ccccc3)C2=O)CC1. The zero-order valence-corrected chi connectivity index (χ0v) is 15.0. The highest BCUT2D eigenvalue weighted by molar-refractivity contribution is 6.22. The summed E-state index contributed by atoms with van der Waals surface area (Å²) in [5.41, 5.74) is 1.29. The van der Waals surface area contributed by atoms with Gasteiger partial charge in [0.25, 0.3) is 11.8 Å². The molecule has 2 aliphatic heterocycles. The van der Waals surface area contributed by atoms with Crippen LogP contribution < -0.4 is 4.90 Å². The molecule has 2 aliphatic rings. The second-order valence-corrected chi connectivity index (χ2v) is 6.82. The third-order valence-corrected chi connectivity index (χ3v) is 5.20. The number of rotatable bonds is 3. The predicted molar refractivity (Wildman–Crippen MR) is 101 cm³/mol. The summed E-state index contributed by atoms with van der Waals surface area (Å²) >= 11 is 0. The van der Waals surface area contributed by atoms with Crippen LogP contribution in [0.4, 0.5) is 5.69 Å². The normalized spacial score (nSPS) is 21.0. The molecule has 2 fully saturated rings. The zero-order valence-electron chi connectivity index (χ0n) is 15.0. The van der Waals surface area contributed by atoms with Crippen LogP contribution in [0.5, 0.6) is 0 Å². The lowest BCUT2D eigenvalue weighted by molar-refractivity contribution is -0.123. The third-order valence-electron chi connectivity index (χ3n) is 5.20. The molecule has 1 unspecified atom stereocenters. The molecule has 6 nitrogen and oxygen atoms in total. The van der Waals surface area contributed by atoms with E-state index < -0.39 is 6.04 Å². The summed E-state index contributed by atoms with van der Waals surface area (Å²) in [6, 6.07) is 17.8. The average molecular weight is 363 g/mol. The number of carbonyl (C=O) groups excluding carboxylic acids is 3. The molecule has 2 saturated heterocycles. The van der Waals surface area contributed by atoms with E-state index in [-0.39, 0.29) is 24.1 Å². The van der Waals surface area contributed by atoms with Gasteiger partial charge < -0.3 is 4.90 Å². The van der Waals surface area contributed by atoms with Gasteiger partial charge in [-0.3, -0.25) is 19.3 Å². The molecule has 4 rings (SSSR count). The summed E-state index contributed by atoms with van der Waals surface area (Å²) in [5.74, 6) is -0.331. The summed E-state index contributed by atoms with van der Waals surface area (Å²) < 4.78 is 0. The quantitative estimate of drug-likeness (QED) is 0.780. The Morgan fingerprint density at radius 1 is 0.815 bits per heavy atom. The van der Waals surface area contributed by atoms with Gasteiger partial charge in [0.15, 0.2) is 0 Å². The van der Waals surface area contributed by atoms with Gasteiger partial charge in [-0.25, -0.2) is 4.90 Å². The number of anilines is 1. The molecule has 0 aliphatic carbocycles. The molecule has 138 valence electrons. The molecular formula is C21H21N3O3. The topological polar surface area (TPSA) is 60.9 Å². The molecular weight excluding hydrogens is 342 g/mol. The Morgan fingerprint density at radius 2 is 1.41 bits per heavy atom. The third kappa shape index (κ3) is 3.36. The fourth-order valence-electron chi connectivity index (χ4n) is 3.75. The minimum Gasteiger partial charge on any atom is -0.336 e. The second kappa shape index (κ2) is 7.32. The van der Waals surface area contributed by atoms with Gasteiger partial charge in [-0.05, 0) is 24.3 Å². The first-order valence-electron chi connectivity index (χ1n) is 9.15. The van der Waals surface area contributed by atoms with Crippen LogP contribution in [0.15, 0.2) is 60.7 Å². The number of carbonyl (C=O) groups is 3. The maximum absolute atomic E-state index is 12.8. The smallest absolute Gasteiger partial charge is 0.253 e. The van der Waals surface area contributed by atoms with E-state index in [1.54, 1.807) is 12.1 Å². The van der Waals surface area contributed by atoms with Crippen molar-refractivity contribution < 1.29 is 14.4 Å². The maximum Gasteiger partial charge on any atom is 0.253 e. The van der Waals surface area contributed by atoms with E-state index in [4.69, 9.17) is 0 Å². The highest BCUT2D eigenvalue weighted by Gasteiger charge is 2.43. The van der Waals surface area contributed by atoms with Crippen molar-refractivity contribution in [1.29, 1.82) is 0 Å². The van der Waals surface area contributed by atoms with Gasteiger partial charge in [-0.1, -0.05) is 36.4 Å². The standard InChI is InChI=1S/C21H21N3O3/c25-19-15-18(21(27)24(19)17-9-5-2-6-10-17)22-11-13-23(14-12-22)20(26)16-7-3-1-4-8-16/h1-10,18H,11-15H2. The highest BCUT2D eigenvalue weighted by Crippen LogP contribution is 2.26. The first kappa shape index (κ1) is 17.4. The minimum atomic E-state index is -0.438. The Bertz CT molecular complexity index is 845. The monoisotopic (exact) mass is 363 g/mol. The molecule has 2 heterocycles. The molecule has 0 spiro atoms. The lowest BCUT2D eigenvalue weighted by Crippen LogP contribution is -2.53. The van der Waals surface area contributed by atoms with Crippen LogP contribution in [0.25, 0.3) is 0 Å². The second-order valence-electron chi connectivity index (χ2n) is 6.82. The number of nitrogens with zero attached hydrogens (tertiary/aromatic N) is 3. The number of para-hydroxylation sites is 1. The number of hydrogen-bond donors (Lipinski definition) is 0. The predicted octanol–water partition coefficient (Wildman–Crippen LogP) is 1.78. The molecule has 27 heavy (non-hydrogen) atoms. The van der Waals surface area contributed by atoms with Crippen LogP contribution in [-0.2, 0) is 9.59 Å². The molecule has 2 aromatic carbocycles. The first-order chi connectivity index (χ1) is 13.1. The summed E-state index contributed by atoms with van der Waals surface area (Å²) in [6.45, 7) is 2.28. The molecule has 0 aromatic heterocycles. The van der Waals surface area contributed by atoms with E-state index in [1.165, 1.54) is 4.90 Å². The van der Waals surface area contributed by atoms with Gasteiger partial charge in [0.05, 0.1) is 18.2 Å². The number of benzene rings is 2. The van der Waals surface area contributed by atoms with Gasteiger partial charge in [0, 0.05) is 31.7 Å². The molecule has 0 radical (unpaired) electrons. The van der Waals surface area contributed by atoms with Crippen molar-refractivity contribution in [1.82, 2.24) is 9.80 Å². The van der Waals surface area contributed by atoms with E-state index in [9.17, 15) is 14.4 Å². The molecule has 2 aromatic rings. The van der Waals surface area contributed by atoms with Gasteiger partial charge >= 0.3 is 0 Å². The fraction of sp³-hybridized carbons (Fsp3) is 0.286. The summed E-state index contributed by atoms with van der Waals surface area (Å²) in [4.78, 5) is 42.9. The number of piperazine rings is 1. The van der Waals surface area contributed by atoms with Crippen LogP contribution in [0, 0.1) is 0 Å². The highest BCUT2D eigenvalue weighted by atomic mass is 16.2. The Morgan fingerprint density at radius 3 is 2.04 bits per heavy atom. The lowest BCUT2D eigenvalue weighted by Gasteiger charge is -2.37. The molecule has 6 heteroatoms. The van der Waals surface area contributed by atoms with Crippen molar-refractivity contribution in [3.05, 3.63) is 66.2 Å². The van der Waals surface area contributed by atoms with Crippen LogP contribution >= 0.6 is 0 Å². The van der Waals surface area contributed by atoms with E-state index in [0.29, 0.717) is 37.4 Å². The van der Waals surface area contributed by atoms with Gasteiger partial charge in [0.1, 0.15) is 0 Å².